The summed E-state index contributed by atoms with van der Waals surface area (Å²) in [6.07, 6.45) is 0. The van der Waals surface area contributed by atoms with Crippen molar-refractivity contribution < 1.29 is 25.0 Å². The first-order chi connectivity index (χ1) is 0. The van der Waals surface area contributed by atoms with E-state index in [0.717, 1.165) is 0 Å². The van der Waals surface area contributed by atoms with Crippen molar-refractivity contribution in [2.24, 2.45) is 0 Å². The molecule has 0 rings (SSSR count). The molecule has 0 amide bonds. The zero-order valence-corrected chi connectivity index (χ0v) is 13.6. The van der Waals surface area contributed by atoms with Gasteiger partial charge in [0.15, 0.2) is 0 Å². The van der Waals surface area contributed by atoms with Crippen LogP contribution in [0.5, 0.6) is 0 Å². The van der Waals surface area contributed by atoms with E-state index < -0.39 is 0 Å². The Balaban J connectivity index is 0. The summed E-state index contributed by atoms with van der Waals surface area (Å²) in [5.41, 5.74) is 0. The van der Waals surface area contributed by atoms with Gasteiger partial charge in [0, 0.05) is 0 Å². The van der Waals surface area contributed by atoms with Crippen LogP contribution in [-0.4, -0.2) is 68.7 Å². The fraction of sp³-hybridized carbons (Fsp3) is 0. The van der Waals surface area contributed by atoms with E-state index in [2.05, 4.69) is 0 Å². The Kier molecular flexibility index (Phi) is 261. The van der Waals surface area contributed by atoms with Crippen molar-refractivity contribution in [3.63, 3.8) is 0 Å². The summed E-state index contributed by atoms with van der Waals surface area (Å²) in [4.78, 5) is 0. The van der Waals surface area contributed by atoms with Gasteiger partial charge >= 0.3 is 88.2 Å². The molecule has 0 spiro atoms. The molecule has 0 aliphatic carbocycles. The molecular weight excluding hydrogens is 425 g/mol. The van der Waals surface area contributed by atoms with Gasteiger partial charge in [-0.25, -0.2) is 0 Å². The zero-order valence-electron chi connectivity index (χ0n) is 2.32. The quantitative estimate of drug-likeness (QED) is 0.370. The Morgan fingerprint density at radius 3 is 1.00 bits per heavy atom. The van der Waals surface area contributed by atoms with Crippen LogP contribution in [0.25, 0.3) is 0 Å². The van der Waals surface area contributed by atoms with Gasteiger partial charge in [0.1, 0.15) is 0 Å². The average Bonchev–Trinajstić information content (AvgIpc) is 0. The monoisotopic (exact) mass is 432 g/mol. The first kappa shape index (κ1) is 45.3. The predicted molar refractivity (Wildman–Crippen MR) is 26.3 cm³/mol. The van der Waals surface area contributed by atoms with Gasteiger partial charge in [-0.3, -0.25) is 0 Å². The molecule has 0 aromatic heterocycles. The number of rotatable bonds is 0. The molecular formula is H6BiLiOTeZn. The first-order valence-electron chi connectivity index (χ1n) is 0. The van der Waals surface area contributed by atoms with Crippen LogP contribution in [0.4, 0.5) is 0 Å². The summed E-state index contributed by atoms with van der Waals surface area (Å²) in [5.74, 6) is 0. The van der Waals surface area contributed by atoms with Crippen LogP contribution in [0.2, 0.25) is 0 Å². The van der Waals surface area contributed by atoms with Crippen LogP contribution in [0.3, 0.4) is 0 Å². The Morgan fingerprint density at radius 2 is 1.00 bits per heavy atom. The van der Waals surface area contributed by atoms with Crippen LogP contribution in [-0.2, 0) is 25.0 Å². The second kappa shape index (κ2) is 28.8. The minimum absolute atomic E-state index is 0. The molecule has 0 saturated carbocycles. The third kappa shape index (κ3) is 19.8. The predicted octanol–water partition coefficient (Wildman–Crippen LogP) is -2.87. The minimum Gasteiger partial charge on any atom is 2.00 e. The Bertz CT molecular complexity index is 11.6. The van der Waals surface area contributed by atoms with Gasteiger partial charge in [0.2, 0.25) is 0 Å². The average molecular weight is 431 g/mol. The van der Waals surface area contributed by atoms with Crippen molar-refractivity contribution in [2.45, 2.75) is 0 Å². The second-order valence-corrected chi connectivity index (χ2v) is 0. The molecule has 0 aliphatic heterocycles. The van der Waals surface area contributed by atoms with Crippen LogP contribution in [0.1, 0.15) is 0 Å². The fourth-order valence-corrected chi connectivity index (χ4v) is 0. The molecule has 0 radical (unpaired) electrons. The maximum absolute atomic E-state index is 0. The molecule has 0 N–H and O–H groups in total. The molecule has 26 valence electrons. The molecule has 5 heteroatoms. The van der Waals surface area contributed by atoms with Crippen LogP contribution >= 0.6 is 0 Å². The van der Waals surface area contributed by atoms with Crippen molar-refractivity contribution in [3.8, 4) is 0 Å². The molecule has 0 saturated heterocycles. The molecule has 0 bridgehead atoms. The maximum Gasteiger partial charge on any atom is 2.00 e. The second-order valence-electron chi connectivity index (χ2n) is 0. The summed E-state index contributed by atoms with van der Waals surface area (Å²) in [6, 6.07) is 0. The van der Waals surface area contributed by atoms with Gasteiger partial charge in [-0.05, 0) is 0 Å². The Morgan fingerprint density at radius 1 is 1.00 bits per heavy atom. The summed E-state index contributed by atoms with van der Waals surface area (Å²) >= 11 is 0. The van der Waals surface area contributed by atoms with Gasteiger partial charge in [0.05, 0.1) is 0 Å². The maximum atomic E-state index is 0. The van der Waals surface area contributed by atoms with Crippen molar-refractivity contribution in [1.29, 1.82) is 0 Å². The van der Waals surface area contributed by atoms with E-state index >= 15 is 0 Å². The van der Waals surface area contributed by atoms with Gasteiger partial charge in [-0.2, -0.15) is 0 Å². The van der Waals surface area contributed by atoms with Crippen LogP contribution in [0.15, 0.2) is 0 Å². The standard InChI is InChI=1S/Bi.Li.O.H2Te.Zn.4H/h;;;1H2;;;;;/q;;-2;;+2;;;;. The molecule has 0 heterocycles. The molecule has 0 fully saturated rings. The van der Waals surface area contributed by atoms with Crippen LogP contribution < -0.4 is 0 Å². The van der Waals surface area contributed by atoms with E-state index in [9.17, 15) is 0 Å². The molecule has 0 aromatic carbocycles. The van der Waals surface area contributed by atoms with Gasteiger partial charge < -0.3 is 5.48 Å². The summed E-state index contributed by atoms with van der Waals surface area (Å²) < 4.78 is 0. The van der Waals surface area contributed by atoms with Crippen molar-refractivity contribution in [1.82, 2.24) is 0 Å². The van der Waals surface area contributed by atoms with E-state index in [-0.39, 0.29) is 93.7 Å². The van der Waals surface area contributed by atoms with Crippen molar-refractivity contribution >= 4 is 68.7 Å². The van der Waals surface area contributed by atoms with Crippen LogP contribution in [0, 0.1) is 0 Å². The largest absolute Gasteiger partial charge is 2.00 e. The van der Waals surface area contributed by atoms with E-state index in [1.165, 1.54) is 0 Å². The number of hydrogen-bond donors (Lipinski definition) is 0. The topological polar surface area (TPSA) is 28.5 Å². The SMILES string of the molecule is [BiH3].[LiH].[O-2].[TeH2].[Zn+2]. The molecule has 0 atom stereocenters. The third-order valence-corrected chi connectivity index (χ3v) is 0. The Labute approximate surface area is 92.1 Å². The summed E-state index contributed by atoms with van der Waals surface area (Å²) in [7, 11) is 0. The van der Waals surface area contributed by atoms with Gasteiger partial charge in [0.25, 0.3) is 0 Å². The molecule has 0 unspecified atom stereocenters. The van der Waals surface area contributed by atoms with E-state index in [1.54, 1.807) is 0 Å². The van der Waals surface area contributed by atoms with Gasteiger partial charge in [-0.1, -0.05) is 0 Å². The minimum atomic E-state index is 0. The molecule has 0 aromatic rings. The van der Waals surface area contributed by atoms with Crippen molar-refractivity contribution in [3.05, 3.63) is 0 Å². The molecule has 1 nitrogen and oxygen atoms in total. The first-order valence-corrected chi connectivity index (χ1v) is 0. The Hall–Kier alpha value is 2.85. The van der Waals surface area contributed by atoms with Crippen molar-refractivity contribution in [2.75, 3.05) is 0 Å². The molecule has 5 heavy (non-hydrogen) atoms. The summed E-state index contributed by atoms with van der Waals surface area (Å²) in [6.45, 7) is 0. The van der Waals surface area contributed by atoms with E-state index in [0.29, 0.717) is 0 Å². The fourth-order valence-electron chi connectivity index (χ4n) is 0. The summed E-state index contributed by atoms with van der Waals surface area (Å²) in [5, 5.41) is 0. The third-order valence-electron chi connectivity index (χ3n) is 0. The smallest absolute Gasteiger partial charge is 2.00 e. The normalized spacial score (nSPS) is 0. The number of hydrogen-bond acceptors (Lipinski definition) is 0. The van der Waals surface area contributed by atoms with E-state index in [1.807, 2.05) is 0 Å². The molecule has 0 aliphatic rings. The van der Waals surface area contributed by atoms with Gasteiger partial charge in [-0.15, -0.1) is 0 Å². The zero-order chi connectivity index (χ0) is 0. The van der Waals surface area contributed by atoms with E-state index in [4.69, 9.17) is 0 Å².